The van der Waals surface area contributed by atoms with Crippen molar-refractivity contribution in [2.24, 2.45) is 0 Å². The molecule has 0 aromatic carbocycles. The van der Waals surface area contributed by atoms with E-state index < -0.39 is 0 Å². The topological polar surface area (TPSA) is 87.7 Å². The normalized spacial score (nSPS) is 10.5. The first-order valence-corrected chi connectivity index (χ1v) is 7.88. The molecule has 0 bridgehead atoms. The van der Waals surface area contributed by atoms with Crippen LogP contribution in [0.4, 0.5) is 0 Å². The van der Waals surface area contributed by atoms with Crippen LogP contribution in [0.15, 0.2) is 29.3 Å². The molecule has 2 heterocycles. The fourth-order valence-electron chi connectivity index (χ4n) is 2.29. The second-order valence-corrected chi connectivity index (χ2v) is 5.45. The minimum Gasteiger partial charge on any atom is -0.356 e. The molecule has 23 heavy (non-hydrogen) atoms. The first-order chi connectivity index (χ1) is 11.1. The summed E-state index contributed by atoms with van der Waals surface area (Å²) in [5, 5.41) is 2.84. The molecular formula is C17H22N4O2. The van der Waals surface area contributed by atoms with Crippen LogP contribution in [-0.4, -0.2) is 27.4 Å². The van der Waals surface area contributed by atoms with Gasteiger partial charge in [-0.2, -0.15) is 0 Å². The van der Waals surface area contributed by atoms with E-state index in [-0.39, 0.29) is 17.9 Å². The lowest BCUT2D eigenvalue weighted by Gasteiger charge is -2.08. The minimum absolute atomic E-state index is 0.0525. The Bertz CT molecular complexity index is 710. The molecule has 0 atom stereocenters. The quantitative estimate of drug-likeness (QED) is 0.765. The summed E-state index contributed by atoms with van der Waals surface area (Å²) in [7, 11) is 0. The van der Waals surface area contributed by atoms with Gasteiger partial charge in [0, 0.05) is 35.8 Å². The molecule has 6 nitrogen and oxygen atoms in total. The predicted molar refractivity (Wildman–Crippen MR) is 89.1 cm³/mol. The molecule has 0 aliphatic carbocycles. The fraction of sp³-hybridized carbons (Fsp3) is 0.412. The SMILES string of the molecule is CCCCCNC(=O)Cc1c(C)nc(-c2ccncc2)[nH]c1=O. The highest BCUT2D eigenvalue weighted by Gasteiger charge is 2.13. The Morgan fingerprint density at radius 1 is 1.26 bits per heavy atom. The van der Waals surface area contributed by atoms with E-state index >= 15 is 0 Å². The lowest BCUT2D eigenvalue weighted by Crippen LogP contribution is -2.29. The summed E-state index contributed by atoms with van der Waals surface area (Å²) in [6.07, 6.45) is 6.48. The third-order valence-electron chi connectivity index (χ3n) is 3.62. The van der Waals surface area contributed by atoms with Gasteiger partial charge >= 0.3 is 0 Å². The van der Waals surface area contributed by atoms with Crippen molar-refractivity contribution >= 4 is 5.91 Å². The van der Waals surface area contributed by atoms with Crippen molar-refractivity contribution in [3.8, 4) is 11.4 Å². The summed E-state index contributed by atoms with van der Waals surface area (Å²) in [6.45, 7) is 4.51. The lowest BCUT2D eigenvalue weighted by atomic mass is 10.1. The lowest BCUT2D eigenvalue weighted by molar-refractivity contribution is -0.120. The van der Waals surface area contributed by atoms with E-state index in [1.165, 1.54) is 0 Å². The van der Waals surface area contributed by atoms with Crippen LogP contribution in [0.3, 0.4) is 0 Å². The van der Waals surface area contributed by atoms with Crippen molar-refractivity contribution in [2.75, 3.05) is 6.54 Å². The third kappa shape index (κ3) is 4.74. The summed E-state index contributed by atoms with van der Waals surface area (Å²) < 4.78 is 0. The average Bonchev–Trinajstić information content (AvgIpc) is 2.55. The van der Waals surface area contributed by atoms with Gasteiger partial charge in [0.15, 0.2) is 0 Å². The van der Waals surface area contributed by atoms with Crippen LogP contribution < -0.4 is 10.9 Å². The van der Waals surface area contributed by atoms with Gasteiger partial charge in [-0.25, -0.2) is 4.98 Å². The van der Waals surface area contributed by atoms with E-state index in [4.69, 9.17) is 0 Å². The van der Waals surface area contributed by atoms with Gasteiger partial charge in [0.25, 0.3) is 5.56 Å². The Kier molecular flexibility index (Phi) is 6.02. The van der Waals surface area contributed by atoms with Crippen molar-refractivity contribution in [1.82, 2.24) is 20.3 Å². The molecule has 0 saturated carbocycles. The molecule has 6 heteroatoms. The van der Waals surface area contributed by atoms with Crippen molar-refractivity contribution < 1.29 is 4.79 Å². The molecule has 0 unspecified atom stereocenters. The van der Waals surface area contributed by atoms with E-state index in [0.29, 0.717) is 23.6 Å². The van der Waals surface area contributed by atoms with Gasteiger partial charge < -0.3 is 10.3 Å². The number of nitrogens with zero attached hydrogens (tertiary/aromatic N) is 2. The zero-order valence-electron chi connectivity index (χ0n) is 13.6. The van der Waals surface area contributed by atoms with Crippen molar-refractivity contribution in [2.45, 2.75) is 39.5 Å². The maximum atomic E-state index is 12.3. The first kappa shape index (κ1) is 16.9. The first-order valence-electron chi connectivity index (χ1n) is 7.88. The molecule has 2 N–H and O–H groups in total. The average molecular weight is 314 g/mol. The number of aromatic amines is 1. The number of carbonyl (C=O) groups excluding carboxylic acids is 1. The van der Waals surface area contributed by atoms with E-state index in [0.717, 1.165) is 24.8 Å². The number of aromatic nitrogens is 3. The molecule has 2 aromatic rings. The Labute approximate surface area is 135 Å². The number of rotatable bonds is 7. The highest BCUT2D eigenvalue weighted by molar-refractivity contribution is 5.78. The Balaban J connectivity index is 2.09. The van der Waals surface area contributed by atoms with Crippen LogP contribution in [0.2, 0.25) is 0 Å². The van der Waals surface area contributed by atoms with Gasteiger partial charge in [-0.1, -0.05) is 19.8 Å². The molecule has 0 aliphatic rings. The van der Waals surface area contributed by atoms with E-state index in [1.807, 2.05) is 0 Å². The Morgan fingerprint density at radius 3 is 2.65 bits per heavy atom. The van der Waals surface area contributed by atoms with Crippen LogP contribution in [0.1, 0.15) is 37.4 Å². The van der Waals surface area contributed by atoms with Crippen molar-refractivity contribution in [1.29, 1.82) is 0 Å². The van der Waals surface area contributed by atoms with E-state index in [1.54, 1.807) is 31.5 Å². The second-order valence-electron chi connectivity index (χ2n) is 5.45. The summed E-state index contributed by atoms with van der Waals surface area (Å²) in [6, 6.07) is 3.55. The van der Waals surface area contributed by atoms with Gasteiger partial charge in [0.2, 0.25) is 5.91 Å². The number of pyridine rings is 1. The second kappa shape index (κ2) is 8.22. The largest absolute Gasteiger partial charge is 0.356 e. The number of carbonyl (C=O) groups is 1. The number of hydrogen-bond donors (Lipinski definition) is 2. The van der Waals surface area contributed by atoms with E-state index in [9.17, 15) is 9.59 Å². The maximum Gasteiger partial charge on any atom is 0.255 e. The number of amides is 1. The predicted octanol–water partition coefficient (Wildman–Crippen LogP) is 1.99. The van der Waals surface area contributed by atoms with Crippen LogP contribution in [0.5, 0.6) is 0 Å². The smallest absolute Gasteiger partial charge is 0.255 e. The maximum absolute atomic E-state index is 12.3. The molecular weight excluding hydrogens is 292 g/mol. The minimum atomic E-state index is -0.270. The Morgan fingerprint density at radius 2 is 2.00 bits per heavy atom. The van der Waals surface area contributed by atoms with Crippen molar-refractivity contribution in [3.63, 3.8) is 0 Å². The number of unbranched alkanes of at least 4 members (excludes halogenated alkanes) is 2. The van der Waals surface area contributed by atoms with Crippen LogP contribution >= 0.6 is 0 Å². The van der Waals surface area contributed by atoms with Gasteiger partial charge in [-0.3, -0.25) is 14.6 Å². The highest BCUT2D eigenvalue weighted by atomic mass is 16.2. The Hall–Kier alpha value is -2.50. The number of hydrogen-bond acceptors (Lipinski definition) is 4. The molecule has 0 radical (unpaired) electrons. The zero-order chi connectivity index (χ0) is 16.7. The number of aryl methyl sites for hydroxylation is 1. The summed E-state index contributed by atoms with van der Waals surface area (Å²) >= 11 is 0. The van der Waals surface area contributed by atoms with Crippen LogP contribution in [0, 0.1) is 6.92 Å². The van der Waals surface area contributed by atoms with Gasteiger partial charge in [0.1, 0.15) is 5.82 Å². The van der Waals surface area contributed by atoms with Crippen molar-refractivity contribution in [3.05, 3.63) is 46.1 Å². The number of nitrogens with one attached hydrogen (secondary N) is 2. The molecule has 0 spiro atoms. The molecule has 2 aromatic heterocycles. The standard InChI is InChI=1S/C17H22N4O2/c1-3-4-5-8-19-15(22)11-14-12(2)20-16(21-17(14)23)13-6-9-18-10-7-13/h6-7,9-10H,3-5,8,11H2,1-2H3,(H,19,22)(H,20,21,23). The molecule has 2 rings (SSSR count). The summed E-state index contributed by atoms with van der Waals surface area (Å²) in [4.78, 5) is 35.3. The monoisotopic (exact) mass is 314 g/mol. The van der Waals surface area contributed by atoms with E-state index in [2.05, 4.69) is 27.2 Å². The fourth-order valence-corrected chi connectivity index (χ4v) is 2.29. The van der Waals surface area contributed by atoms with Gasteiger partial charge in [-0.05, 0) is 25.5 Å². The molecule has 0 aliphatic heterocycles. The van der Waals surface area contributed by atoms with Gasteiger partial charge in [0.05, 0.1) is 6.42 Å². The molecule has 0 saturated heterocycles. The van der Waals surface area contributed by atoms with Crippen LogP contribution in [-0.2, 0) is 11.2 Å². The summed E-state index contributed by atoms with van der Waals surface area (Å²) in [5.74, 6) is 0.343. The molecule has 0 fully saturated rings. The van der Waals surface area contributed by atoms with Gasteiger partial charge in [-0.15, -0.1) is 0 Å². The third-order valence-corrected chi connectivity index (χ3v) is 3.62. The highest BCUT2D eigenvalue weighted by Crippen LogP contribution is 2.13. The van der Waals surface area contributed by atoms with Crippen LogP contribution in [0.25, 0.3) is 11.4 Å². The summed E-state index contributed by atoms with van der Waals surface area (Å²) in [5.41, 5.74) is 1.50. The number of H-pyrrole nitrogens is 1. The zero-order valence-corrected chi connectivity index (χ0v) is 13.6. The molecule has 122 valence electrons. The molecule has 1 amide bonds.